The van der Waals surface area contributed by atoms with Gasteiger partial charge in [-0.25, -0.2) is 4.79 Å². The minimum Gasteiger partial charge on any atom is -0.370 e. The van der Waals surface area contributed by atoms with Crippen LogP contribution < -0.4 is 16.0 Å². The first-order chi connectivity index (χ1) is 13.8. The summed E-state index contributed by atoms with van der Waals surface area (Å²) in [4.78, 5) is 34.5. The predicted molar refractivity (Wildman–Crippen MR) is 115 cm³/mol. The maximum atomic E-state index is 12.4. The molecule has 9 heteroatoms. The second-order valence-electron chi connectivity index (χ2n) is 7.62. The second kappa shape index (κ2) is 8.90. The van der Waals surface area contributed by atoms with Crippen LogP contribution >= 0.6 is 11.6 Å². The number of rotatable bonds is 6. The third-order valence-electron chi connectivity index (χ3n) is 5.66. The van der Waals surface area contributed by atoms with Crippen LogP contribution in [0.3, 0.4) is 0 Å². The van der Waals surface area contributed by atoms with E-state index in [2.05, 4.69) is 20.1 Å². The molecule has 3 amide bonds. The highest BCUT2D eigenvalue weighted by atomic mass is 35.5. The van der Waals surface area contributed by atoms with Crippen LogP contribution in [0.15, 0.2) is 29.3 Å². The molecule has 0 radical (unpaired) electrons. The zero-order valence-electron chi connectivity index (χ0n) is 17.0. The van der Waals surface area contributed by atoms with Gasteiger partial charge in [0.2, 0.25) is 0 Å². The third-order valence-corrected chi connectivity index (χ3v) is 5.91. The highest BCUT2D eigenvalue weighted by Gasteiger charge is 2.45. The van der Waals surface area contributed by atoms with Gasteiger partial charge in [0, 0.05) is 50.0 Å². The maximum Gasteiger partial charge on any atom is 0.325 e. The van der Waals surface area contributed by atoms with Crippen molar-refractivity contribution in [3.63, 3.8) is 0 Å². The van der Waals surface area contributed by atoms with E-state index in [0.717, 1.165) is 36.9 Å². The van der Waals surface area contributed by atoms with E-state index in [1.807, 2.05) is 31.2 Å². The molecule has 2 fully saturated rings. The van der Waals surface area contributed by atoms with Gasteiger partial charge in [0.05, 0.1) is 0 Å². The van der Waals surface area contributed by atoms with Crippen LogP contribution in [0.2, 0.25) is 5.02 Å². The minimum absolute atomic E-state index is 0.166. The minimum atomic E-state index is -0.789. The molecule has 2 saturated heterocycles. The number of imide groups is 1. The quantitative estimate of drug-likeness (QED) is 0.317. The van der Waals surface area contributed by atoms with Crippen molar-refractivity contribution in [3.05, 3.63) is 29.3 Å². The number of nitrogens with two attached hydrogens (primary N) is 1. The summed E-state index contributed by atoms with van der Waals surface area (Å²) < 4.78 is 0. The van der Waals surface area contributed by atoms with E-state index in [9.17, 15) is 9.59 Å². The monoisotopic (exact) mass is 420 g/mol. The molecule has 2 aliphatic rings. The molecule has 2 aliphatic heterocycles. The van der Waals surface area contributed by atoms with Crippen molar-refractivity contribution in [2.75, 3.05) is 44.2 Å². The molecule has 1 atom stereocenters. The van der Waals surface area contributed by atoms with Crippen LogP contribution in [-0.4, -0.2) is 72.5 Å². The Morgan fingerprint density at radius 1 is 1.21 bits per heavy atom. The number of piperazine rings is 1. The molecule has 0 bridgehead atoms. The summed E-state index contributed by atoms with van der Waals surface area (Å²) in [7, 11) is 0. The van der Waals surface area contributed by atoms with Gasteiger partial charge in [-0.05, 0) is 44.0 Å². The van der Waals surface area contributed by atoms with Gasteiger partial charge in [0.15, 0.2) is 5.96 Å². The average Bonchev–Trinajstić information content (AvgIpc) is 2.95. The van der Waals surface area contributed by atoms with Gasteiger partial charge in [0.1, 0.15) is 5.54 Å². The highest BCUT2D eigenvalue weighted by molar-refractivity contribution is 6.30. The van der Waals surface area contributed by atoms with Crippen molar-refractivity contribution in [3.8, 4) is 0 Å². The van der Waals surface area contributed by atoms with Crippen LogP contribution in [0.25, 0.3) is 0 Å². The van der Waals surface area contributed by atoms with Crippen LogP contribution in [0, 0.1) is 0 Å². The first-order valence-electron chi connectivity index (χ1n) is 10.0. The molecular weight excluding hydrogens is 392 g/mol. The van der Waals surface area contributed by atoms with Crippen molar-refractivity contribution in [1.82, 2.24) is 15.1 Å². The van der Waals surface area contributed by atoms with Crippen LogP contribution in [0.4, 0.5) is 10.5 Å². The Labute approximate surface area is 176 Å². The van der Waals surface area contributed by atoms with Crippen molar-refractivity contribution in [2.45, 2.75) is 32.2 Å². The van der Waals surface area contributed by atoms with Crippen molar-refractivity contribution < 1.29 is 9.59 Å². The molecule has 3 N–H and O–H groups in total. The summed E-state index contributed by atoms with van der Waals surface area (Å²) in [6.07, 6.45) is 1.16. The Morgan fingerprint density at radius 3 is 2.45 bits per heavy atom. The van der Waals surface area contributed by atoms with Gasteiger partial charge < -0.3 is 20.9 Å². The Balaban J connectivity index is 1.43. The average molecular weight is 421 g/mol. The van der Waals surface area contributed by atoms with E-state index < -0.39 is 5.54 Å². The smallest absolute Gasteiger partial charge is 0.325 e. The largest absolute Gasteiger partial charge is 0.370 e. The molecule has 1 aromatic rings. The number of anilines is 1. The Kier molecular flexibility index (Phi) is 6.52. The molecule has 8 nitrogen and oxygen atoms in total. The molecule has 0 spiro atoms. The Hall–Kier alpha value is -2.48. The molecule has 0 aliphatic carbocycles. The van der Waals surface area contributed by atoms with Crippen LogP contribution in [0.5, 0.6) is 0 Å². The summed E-state index contributed by atoms with van der Waals surface area (Å²) in [6.45, 7) is 7.77. The number of aliphatic imine (C=N–C) groups is 1. The van der Waals surface area contributed by atoms with E-state index in [4.69, 9.17) is 17.3 Å². The first-order valence-corrected chi connectivity index (χ1v) is 10.4. The number of halogens is 1. The fraction of sp³-hybridized carbons (Fsp3) is 0.550. The fourth-order valence-electron chi connectivity index (χ4n) is 3.56. The van der Waals surface area contributed by atoms with Gasteiger partial charge >= 0.3 is 6.03 Å². The van der Waals surface area contributed by atoms with Gasteiger partial charge in [0.25, 0.3) is 5.91 Å². The number of hydrogen-bond donors (Lipinski definition) is 2. The molecule has 0 saturated carbocycles. The van der Waals surface area contributed by atoms with Crippen molar-refractivity contribution >= 4 is 35.2 Å². The zero-order chi connectivity index (χ0) is 21.0. The number of carbonyl (C=O) groups is 2. The van der Waals surface area contributed by atoms with Crippen LogP contribution in [0.1, 0.15) is 26.7 Å². The standard InChI is InChI=1S/C20H29ClN6O2/c1-3-20(2)17(28)27(19(29)24-20)10-4-9-23-18(22)26-13-11-25(12-14-26)16-7-5-15(21)6-8-16/h5-8H,3-4,9-14H2,1-2H3,(H2,22,23)(H,24,29). The molecule has 2 heterocycles. The molecule has 29 heavy (non-hydrogen) atoms. The van der Waals surface area contributed by atoms with Gasteiger partial charge in [-0.15, -0.1) is 0 Å². The van der Waals surface area contributed by atoms with E-state index >= 15 is 0 Å². The lowest BCUT2D eigenvalue weighted by Gasteiger charge is -2.36. The lowest BCUT2D eigenvalue weighted by Crippen LogP contribution is -2.51. The molecule has 0 aromatic heterocycles. The summed E-state index contributed by atoms with van der Waals surface area (Å²) in [5.41, 5.74) is 6.51. The van der Waals surface area contributed by atoms with E-state index in [-0.39, 0.29) is 11.9 Å². The van der Waals surface area contributed by atoms with Crippen molar-refractivity contribution in [1.29, 1.82) is 0 Å². The van der Waals surface area contributed by atoms with Gasteiger partial charge in [-0.2, -0.15) is 0 Å². The van der Waals surface area contributed by atoms with Crippen LogP contribution in [-0.2, 0) is 4.79 Å². The molecule has 158 valence electrons. The number of nitrogens with zero attached hydrogens (tertiary/aromatic N) is 4. The summed E-state index contributed by atoms with van der Waals surface area (Å²) >= 11 is 5.95. The normalized spacial score (nSPS) is 23.0. The van der Waals surface area contributed by atoms with Gasteiger partial charge in [-0.3, -0.25) is 14.7 Å². The number of urea groups is 1. The van der Waals surface area contributed by atoms with E-state index in [0.29, 0.717) is 31.9 Å². The zero-order valence-corrected chi connectivity index (χ0v) is 17.8. The number of guanidine groups is 1. The lowest BCUT2D eigenvalue weighted by atomic mass is 9.99. The van der Waals surface area contributed by atoms with Crippen molar-refractivity contribution in [2.24, 2.45) is 10.7 Å². The fourth-order valence-corrected chi connectivity index (χ4v) is 3.68. The summed E-state index contributed by atoms with van der Waals surface area (Å²) in [5, 5.41) is 3.49. The Morgan fingerprint density at radius 2 is 1.86 bits per heavy atom. The summed E-state index contributed by atoms with van der Waals surface area (Å²) in [6, 6.07) is 7.51. The first kappa shape index (κ1) is 21.2. The number of amides is 3. The summed E-state index contributed by atoms with van der Waals surface area (Å²) in [5.74, 6) is 0.344. The maximum absolute atomic E-state index is 12.4. The van der Waals surface area contributed by atoms with E-state index in [1.165, 1.54) is 4.90 Å². The SMILES string of the molecule is CCC1(C)NC(=O)N(CCCN=C(N)N2CCN(c3ccc(Cl)cc3)CC2)C1=O. The number of benzene rings is 1. The number of hydrogen-bond acceptors (Lipinski definition) is 4. The molecule has 3 rings (SSSR count). The molecule has 1 aromatic carbocycles. The highest BCUT2D eigenvalue weighted by Crippen LogP contribution is 2.21. The third kappa shape index (κ3) is 4.75. The molecular formula is C20H29ClN6O2. The molecule has 1 unspecified atom stereocenters. The lowest BCUT2D eigenvalue weighted by molar-refractivity contribution is -0.130. The van der Waals surface area contributed by atoms with E-state index in [1.54, 1.807) is 6.92 Å². The van der Waals surface area contributed by atoms with Gasteiger partial charge in [-0.1, -0.05) is 18.5 Å². The predicted octanol–water partition coefficient (Wildman–Crippen LogP) is 1.89. The Bertz CT molecular complexity index is 776. The number of carbonyl (C=O) groups excluding carboxylic acids is 2. The number of nitrogens with one attached hydrogen (secondary N) is 1. The topological polar surface area (TPSA) is 94.3 Å². The second-order valence-corrected chi connectivity index (χ2v) is 8.05.